The van der Waals surface area contributed by atoms with Gasteiger partial charge in [0.05, 0.1) is 26.0 Å². The van der Waals surface area contributed by atoms with Crippen molar-refractivity contribution in [3.8, 4) is 0 Å². The van der Waals surface area contributed by atoms with Gasteiger partial charge in [-0.05, 0) is 0 Å². The number of aromatic nitrogens is 1. The van der Waals surface area contributed by atoms with Gasteiger partial charge in [0.15, 0.2) is 10.9 Å². The number of aromatic carboxylic acids is 1. The normalized spacial score (nSPS) is 22.5. The predicted octanol–water partition coefficient (Wildman–Crippen LogP) is 0.794. The van der Waals surface area contributed by atoms with Gasteiger partial charge < -0.3 is 19.5 Å². The largest absolute Gasteiger partial charge is 0.477 e. The van der Waals surface area contributed by atoms with Crippen LogP contribution in [-0.4, -0.2) is 48.2 Å². The fourth-order valence-electron chi connectivity index (χ4n) is 2.16. The smallest absolute Gasteiger partial charge is 0.347 e. The van der Waals surface area contributed by atoms with Crippen LogP contribution in [0.15, 0.2) is 6.20 Å². The summed E-state index contributed by atoms with van der Waals surface area (Å²) in [4.78, 5) is 17.2. The molecule has 7 heteroatoms. The second-order valence-corrected chi connectivity index (χ2v) is 5.10. The van der Waals surface area contributed by atoms with Gasteiger partial charge in [-0.2, -0.15) is 0 Å². The van der Waals surface area contributed by atoms with Crippen molar-refractivity contribution in [2.24, 2.45) is 0 Å². The second kappa shape index (κ2) is 3.94. The Hall–Kier alpha value is -1.18. The number of nitrogens with zero attached hydrogens (tertiary/aromatic N) is 2. The lowest BCUT2D eigenvalue weighted by atomic mass is 10.2. The molecule has 0 atom stereocenters. The zero-order valence-corrected chi connectivity index (χ0v) is 9.90. The molecule has 1 spiro atoms. The molecule has 0 aliphatic carbocycles. The van der Waals surface area contributed by atoms with E-state index >= 15 is 0 Å². The number of anilines is 1. The minimum Gasteiger partial charge on any atom is -0.477 e. The maximum Gasteiger partial charge on any atom is 0.347 e. The molecule has 3 rings (SSSR count). The third-order valence-electron chi connectivity index (χ3n) is 2.98. The molecule has 0 unspecified atom stereocenters. The molecule has 2 fully saturated rings. The van der Waals surface area contributed by atoms with Crippen LogP contribution >= 0.6 is 11.3 Å². The first-order valence-electron chi connectivity index (χ1n) is 5.41. The van der Waals surface area contributed by atoms with E-state index in [2.05, 4.69) is 4.98 Å². The van der Waals surface area contributed by atoms with Crippen molar-refractivity contribution in [1.29, 1.82) is 0 Å². The van der Waals surface area contributed by atoms with E-state index < -0.39 is 11.8 Å². The summed E-state index contributed by atoms with van der Waals surface area (Å²) in [5.74, 6) is -1.43. The fraction of sp³-hybridized carbons (Fsp3) is 0.600. The van der Waals surface area contributed by atoms with Gasteiger partial charge in [0.25, 0.3) is 0 Å². The van der Waals surface area contributed by atoms with Crippen molar-refractivity contribution in [3.05, 3.63) is 11.1 Å². The molecule has 0 bridgehead atoms. The highest BCUT2D eigenvalue weighted by molar-refractivity contribution is 7.17. The van der Waals surface area contributed by atoms with Crippen molar-refractivity contribution < 1.29 is 19.4 Å². The Labute approximate surface area is 102 Å². The van der Waals surface area contributed by atoms with Crippen molar-refractivity contribution >= 4 is 22.4 Å². The van der Waals surface area contributed by atoms with Gasteiger partial charge in [-0.25, -0.2) is 9.78 Å². The number of hydrogen-bond donors (Lipinski definition) is 1. The third-order valence-corrected chi connectivity index (χ3v) is 4.03. The Morgan fingerprint density at radius 2 is 2.29 bits per heavy atom. The van der Waals surface area contributed by atoms with Crippen LogP contribution in [0.5, 0.6) is 0 Å². The fourth-order valence-corrected chi connectivity index (χ4v) is 2.94. The van der Waals surface area contributed by atoms with E-state index in [1.165, 1.54) is 17.5 Å². The van der Waals surface area contributed by atoms with Gasteiger partial charge in [0, 0.05) is 13.0 Å². The van der Waals surface area contributed by atoms with Gasteiger partial charge >= 0.3 is 5.97 Å². The van der Waals surface area contributed by atoms with E-state index in [1.807, 2.05) is 4.90 Å². The summed E-state index contributed by atoms with van der Waals surface area (Å²) in [6, 6.07) is 0. The highest BCUT2D eigenvalue weighted by atomic mass is 32.1. The molecule has 3 heterocycles. The van der Waals surface area contributed by atoms with Gasteiger partial charge in [0.1, 0.15) is 4.88 Å². The van der Waals surface area contributed by atoms with Crippen LogP contribution < -0.4 is 4.90 Å². The molecular formula is C10H12N2O4S. The number of carbonyl (C=O) groups is 1. The van der Waals surface area contributed by atoms with Crippen LogP contribution in [0.2, 0.25) is 0 Å². The van der Waals surface area contributed by atoms with E-state index in [4.69, 9.17) is 14.6 Å². The van der Waals surface area contributed by atoms with Gasteiger partial charge in [-0.15, -0.1) is 0 Å². The van der Waals surface area contributed by atoms with Crippen LogP contribution in [-0.2, 0) is 9.47 Å². The number of ether oxygens (including phenoxy) is 2. The van der Waals surface area contributed by atoms with Gasteiger partial charge in [0.2, 0.25) is 0 Å². The van der Waals surface area contributed by atoms with Crippen molar-refractivity contribution in [2.45, 2.75) is 12.2 Å². The van der Waals surface area contributed by atoms with Crippen molar-refractivity contribution in [3.63, 3.8) is 0 Å². The molecule has 0 aromatic carbocycles. The number of rotatable bonds is 2. The zero-order valence-electron chi connectivity index (χ0n) is 9.09. The van der Waals surface area contributed by atoms with E-state index in [0.717, 1.165) is 18.1 Å². The topological polar surface area (TPSA) is 71.9 Å². The molecule has 2 saturated heterocycles. The molecule has 0 radical (unpaired) electrons. The predicted molar refractivity (Wildman–Crippen MR) is 60.5 cm³/mol. The molecule has 2 aliphatic heterocycles. The Morgan fingerprint density at radius 3 is 2.94 bits per heavy atom. The Balaban J connectivity index is 1.75. The Kier molecular flexibility index (Phi) is 2.53. The Morgan fingerprint density at radius 1 is 1.53 bits per heavy atom. The first-order valence-corrected chi connectivity index (χ1v) is 6.22. The summed E-state index contributed by atoms with van der Waals surface area (Å²) < 4.78 is 11.2. The van der Waals surface area contributed by atoms with Crippen LogP contribution in [0.1, 0.15) is 16.1 Å². The maximum atomic E-state index is 10.8. The summed E-state index contributed by atoms with van der Waals surface area (Å²) in [7, 11) is 0. The summed E-state index contributed by atoms with van der Waals surface area (Å²) in [6.07, 6.45) is 2.19. The van der Waals surface area contributed by atoms with Gasteiger partial charge in [-0.3, -0.25) is 0 Å². The highest BCUT2D eigenvalue weighted by Gasteiger charge is 2.44. The molecule has 92 valence electrons. The van der Waals surface area contributed by atoms with E-state index in [1.54, 1.807) is 0 Å². The molecule has 6 nitrogen and oxygen atoms in total. The monoisotopic (exact) mass is 256 g/mol. The summed E-state index contributed by atoms with van der Waals surface area (Å²) in [6.45, 7) is 2.67. The first-order chi connectivity index (χ1) is 8.19. The maximum absolute atomic E-state index is 10.8. The minimum atomic E-state index is -0.934. The lowest BCUT2D eigenvalue weighted by molar-refractivity contribution is -0.137. The average Bonchev–Trinajstić information content (AvgIpc) is 3.01. The molecular weight excluding hydrogens is 244 g/mol. The van der Waals surface area contributed by atoms with Crippen molar-refractivity contribution in [1.82, 2.24) is 4.98 Å². The lowest BCUT2D eigenvalue weighted by Gasteiger charge is -2.21. The van der Waals surface area contributed by atoms with Crippen LogP contribution in [0.25, 0.3) is 0 Å². The zero-order chi connectivity index (χ0) is 11.9. The Bertz CT molecular complexity index is 441. The molecule has 17 heavy (non-hydrogen) atoms. The number of carboxylic acid groups (broad SMARTS) is 1. The highest BCUT2D eigenvalue weighted by Crippen LogP contribution is 2.34. The standard InChI is InChI=1S/C10H12N2O4S/c13-8(14)7-5-11-9(17-7)12-2-1-10(6-12)15-3-4-16-10/h5H,1-4,6H2,(H,13,14). The van der Waals surface area contributed by atoms with E-state index in [0.29, 0.717) is 19.8 Å². The quantitative estimate of drug-likeness (QED) is 0.843. The molecule has 2 aliphatic rings. The third kappa shape index (κ3) is 1.90. The van der Waals surface area contributed by atoms with Crippen LogP contribution in [0, 0.1) is 0 Å². The second-order valence-electron chi connectivity index (χ2n) is 4.09. The number of carboxylic acids is 1. The first kappa shape index (κ1) is 10.9. The molecule has 0 amide bonds. The van der Waals surface area contributed by atoms with E-state index in [9.17, 15) is 4.79 Å². The summed E-state index contributed by atoms with van der Waals surface area (Å²) in [5.41, 5.74) is 0. The van der Waals surface area contributed by atoms with Gasteiger partial charge in [-0.1, -0.05) is 11.3 Å². The minimum absolute atomic E-state index is 0.259. The molecule has 1 aromatic rings. The number of hydrogen-bond acceptors (Lipinski definition) is 6. The average molecular weight is 256 g/mol. The lowest BCUT2D eigenvalue weighted by Crippen LogP contribution is -2.34. The van der Waals surface area contributed by atoms with E-state index in [-0.39, 0.29) is 4.88 Å². The van der Waals surface area contributed by atoms with Crippen LogP contribution in [0.3, 0.4) is 0 Å². The molecule has 1 N–H and O–H groups in total. The molecule has 0 saturated carbocycles. The summed E-state index contributed by atoms with van der Waals surface area (Å²) >= 11 is 1.18. The summed E-state index contributed by atoms with van der Waals surface area (Å²) in [5, 5.41) is 9.57. The molecule has 1 aromatic heterocycles. The van der Waals surface area contributed by atoms with Crippen LogP contribution in [0.4, 0.5) is 5.13 Å². The van der Waals surface area contributed by atoms with Crippen molar-refractivity contribution in [2.75, 3.05) is 31.2 Å². The SMILES string of the molecule is O=C(O)c1cnc(N2CCC3(C2)OCCO3)s1. The number of thiazole rings is 1.